The molecule has 10 heteroatoms. The molecule has 34 heavy (non-hydrogen) atoms. The first-order chi connectivity index (χ1) is 16.4. The van der Waals surface area contributed by atoms with E-state index in [1.165, 1.54) is 25.9 Å². The number of hydrogen-bond acceptors (Lipinski definition) is 7. The molecule has 3 aromatic rings. The van der Waals surface area contributed by atoms with Gasteiger partial charge in [-0.1, -0.05) is 49.8 Å². The SMILES string of the molecule is CC(C)c1cccc2sc(N3CCN(C(=O)C4CCCCN4S(=O)(=O)c4cccs4)CC3)nc12. The Bertz CT molecular complexity index is 1260. The van der Waals surface area contributed by atoms with E-state index in [2.05, 4.69) is 36.9 Å². The fourth-order valence-corrected chi connectivity index (χ4v) is 8.68. The van der Waals surface area contributed by atoms with Crippen LogP contribution in [-0.4, -0.2) is 67.3 Å². The van der Waals surface area contributed by atoms with E-state index < -0.39 is 16.1 Å². The Kier molecular flexibility index (Phi) is 6.67. The first-order valence-corrected chi connectivity index (χ1v) is 15.0. The smallest absolute Gasteiger partial charge is 0.253 e. The van der Waals surface area contributed by atoms with Crippen LogP contribution < -0.4 is 4.90 Å². The molecule has 0 bridgehead atoms. The number of anilines is 1. The van der Waals surface area contributed by atoms with E-state index in [-0.39, 0.29) is 5.91 Å². The number of rotatable bonds is 5. The maximum atomic E-state index is 13.5. The molecule has 1 atom stereocenters. The van der Waals surface area contributed by atoms with Gasteiger partial charge < -0.3 is 9.80 Å². The summed E-state index contributed by atoms with van der Waals surface area (Å²) in [5.74, 6) is 0.350. The maximum absolute atomic E-state index is 13.5. The average Bonchev–Trinajstić information content (AvgIpc) is 3.54. The molecule has 182 valence electrons. The second kappa shape index (κ2) is 9.56. The van der Waals surface area contributed by atoms with E-state index in [0.29, 0.717) is 49.3 Å². The highest BCUT2D eigenvalue weighted by Gasteiger charge is 2.40. The van der Waals surface area contributed by atoms with Gasteiger partial charge in [-0.2, -0.15) is 4.31 Å². The van der Waals surface area contributed by atoms with E-state index in [4.69, 9.17) is 4.98 Å². The molecule has 0 aliphatic carbocycles. The summed E-state index contributed by atoms with van der Waals surface area (Å²) in [5, 5.41) is 2.76. The molecule has 1 amide bonds. The molecule has 2 aliphatic heterocycles. The minimum atomic E-state index is -3.65. The zero-order chi connectivity index (χ0) is 23.9. The zero-order valence-electron chi connectivity index (χ0n) is 19.5. The lowest BCUT2D eigenvalue weighted by atomic mass is 10.0. The number of piperazine rings is 1. The second-order valence-electron chi connectivity index (χ2n) is 9.22. The summed E-state index contributed by atoms with van der Waals surface area (Å²) in [6.07, 6.45) is 2.24. The van der Waals surface area contributed by atoms with Gasteiger partial charge in [-0.05, 0) is 41.8 Å². The van der Waals surface area contributed by atoms with Gasteiger partial charge in [0.1, 0.15) is 10.3 Å². The van der Waals surface area contributed by atoms with Gasteiger partial charge in [0.15, 0.2) is 5.13 Å². The van der Waals surface area contributed by atoms with Gasteiger partial charge in [0.25, 0.3) is 10.0 Å². The number of thiazole rings is 1. The fourth-order valence-electron chi connectivity index (χ4n) is 4.85. The average molecular weight is 519 g/mol. The first kappa shape index (κ1) is 23.7. The summed E-state index contributed by atoms with van der Waals surface area (Å²) < 4.78 is 29.3. The molecule has 7 nitrogen and oxygen atoms in total. The molecular formula is C24H30N4O3S3. The number of para-hydroxylation sites is 1. The topological polar surface area (TPSA) is 73.8 Å². The number of piperidine rings is 1. The van der Waals surface area contributed by atoms with Gasteiger partial charge in [-0.15, -0.1) is 11.3 Å². The van der Waals surface area contributed by atoms with Crippen molar-refractivity contribution >= 4 is 54.0 Å². The summed E-state index contributed by atoms with van der Waals surface area (Å²) in [5.41, 5.74) is 2.34. The van der Waals surface area contributed by atoms with Gasteiger partial charge in [0, 0.05) is 32.7 Å². The summed E-state index contributed by atoms with van der Waals surface area (Å²) in [6.45, 7) is 7.33. The normalized spacial score (nSPS) is 20.4. The molecule has 0 spiro atoms. The van der Waals surface area contributed by atoms with Gasteiger partial charge in [0.2, 0.25) is 5.91 Å². The van der Waals surface area contributed by atoms with E-state index in [0.717, 1.165) is 23.5 Å². The highest BCUT2D eigenvalue weighted by atomic mass is 32.2. The third-order valence-electron chi connectivity index (χ3n) is 6.72. The summed E-state index contributed by atoms with van der Waals surface area (Å²) in [4.78, 5) is 22.5. The van der Waals surface area contributed by atoms with Crippen molar-refractivity contribution in [2.75, 3.05) is 37.6 Å². The monoisotopic (exact) mass is 518 g/mol. The summed E-state index contributed by atoms with van der Waals surface area (Å²) in [6, 6.07) is 9.11. The number of fused-ring (bicyclic) bond motifs is 1. The molecule has 1 unspecified atom stereocenters. The van der Waals surface area contributed by atoms with E-state index >= 15 is 0 Å². The van der Waals surface area contributed by atoms with E-state index in [1.807, 2.05) is 4.90 Å². The number of carbonyl (C=O) groups is 1. The standard InChI is InChI=1S/C24H30N4O3S3/c1-17(2)18-7-5-9-20-22(18)25-24(33-20)27-14-12-26(13-15-27)23(29)19-8-3-4-11-28(19)34(30,31)21-10-6-16-32-21/h5-7,9-10,16-17,19H,3-4,8,11-15H2,1-2H3. The summed E-state index contributed by atoms with van der Waals surface area (Å²) >= 11 is 2.91. The van der Waals surface area contributed by atoms with Crippen molar-refractivity contribution in [3.8, 4) is 0 Å². The van der Waals surface area contributed by atoms with Crippen LogP contribution in [0.2, 0.25) is 0 Å². The van der Waals surface area contributed by atoms with Crippen LogP contribution in [0.1, 0.15) is 44.6 Å². The van der Waals surface area contributed by atoms with Crippen molar-refractivity contribution in [1.82, 2.24) is 14.2 Å². The number of hydrogen-bond donors (Lipinski definition) is 0. The van der Waals surface area contributed by atoms with Crippen molar-refractivity contribution in [1.29, 1.82) is 0 Å². The summed E-state index contributed by atoms with van der Waals surface area (Å²) in [7, 11) is -3.65. The molecule has 2 saturated heterocycles. The molecule has 0 radical (unpaired) electrons. The lowest BCUT2D eigenvalue weighted by molar-refractivity contribution is -0.136. The quantitative estimate of drug-likeness (QED) is 0.501. The molecule has 2 fully saturated rings. The Balaban J connectivity index is 1.29. The molecule has 5 rings (SSSR count). The lowest BCUT2D eigenvalue weighted by Gasteiger charge is -2.40. The maximum Gasteiger partial charge on any atom is 0.253 e. The van der Waals surface area contributed by atoms with Gasteiger partial charge in [-0.3, -0.25) is 4.79 Å². The number of thiophene rings is 1. The molecule has 1 aromatic carbocycles. The molecule has 0 N–H and O–H groups in total. The number of carbonyl (C=O) groups excluding carboxylic acids is 1. The molecule has 0 saturated carbocycles. The molecule has 2 aliphatic rings. The van der Waals surface area contributed by atoms with Crippen molar-refractivity contribution in [2.24, 2.45) is 0 Å². The third kappa shape index (κ3) is 4.36. The number of aromatic nitrogens is 1. The van der Waals surface area contributed by atoms with Crippen molar-refractivity contribution in [3.63, 3.8) is 0 Å². The van der Waals surface area contributed by atoms with Crippen LogP contribution in [0.4, 0.5) is 5.13 Å². The van der Waals surface area contributed by atoms with Crippen LogP contribution >= 0.6 is 22.7 Å². The molecule has 4 heterocycles. The minimum Gasteiger partial charge on any atom is -0.345 e. The number of amides is 1. The first-order valence-electron chi connectivity index (χ1n) is 11.8. The zero-order valence-corrected chi connectivity index (χ0v) is 22.0. The van der Waals surface area contributed by atoms with Crippen LogP contribution in [0.3, 0.4) is 0 Å². The Hall–Kier alpha value is -2.01. The second-order valence-corrected chi connectivity index (χ2v) is 13.3. The Labute approximate surface area is 209 Å². The largest absolute Gasteiger partial charge is 0.345 e. The minimum absolute atomic E-state index is 0.0640. The van der Waals surface area contributed by atoms with Gasteiger partial charge >= 0.3 is 0 Å². The van der Waals surface area contributed by atoms with Crippen molar-refractivity contribution < 1.29 is 13.2 Å². The molecular weight excluding hydrogens is 488 g/mol. The van der Waals surface area contributed by atoms with Gasteiger partial charge in [-0.25, -0.2) is 13.4 Å². The van der Waals surface area contributed by atoms with E-state index in [1.54, 1.807) is 28.8 Å². The van der Waals surface area contributed by atoms with Crippen molar-refractivity contribution in [3.05, 3.63) is 41.3 Å². The predicted octanol–water partition coefficient (Wildman–Crippen LogP) is 4.37. The number of benzene rings is 1. The Morgan fingerprint density at radius 3 is 2.56 bits per heavy atom. The van der Waals surface area contributed by atoms with Crippen LogP contribution in [0, 0.1) is 0 Å². The van der Waals surface area contributed by atoms with Crippen LogP contribution in [-0.2, 0) is 14.8 Å². The number of nitrogens with zero attached hydrogens (tertiary/aromatic N) is 4. The highest BCUT2D eigenvalue weighted by molar-refractivity contribution is 7.91. The third-order valence-corrected chi connectivity index (χ3v) is 11.1. The fraction of sp³-hybridized carbons (Fsp3) is 0.500. The number of sulfonamides is 1. The Morgan fingerprint density at radius 2 is 1.85 bits per heavy atom. The van der Waals surface area contributed by atoms with Crippen LogP contribution in [0.5, 0.6) is 0 Å². The van der Waals surface area contributed by atoms with Crippen LogP contribution in [0.25, 0.3) is 10.2 Å². The molecule has 2 aromatic heterocycles. The van der Waals surface area contributed by atoms with Gasteiger partial charge in [0.05, 0.1) is 10.2 Å². The van der Waals surface area contributed by atoms with Crippen LogP contribution in [0.15, 0.2) is 39.9 Å². The van der Waals surface area contributed by atoms with E-state index in [9.17, 15) is 13.2 Å². The Morgan fingerprint density at radius 1 is 1.06 bits per heavy atom. The predicted molar refractivity (Wildman–Crippen MR) is 138 cm³/mol. The lowest BCUT2D eigenvalue weighted by Crippen LogP contribution is -2.57. The highest BCUT2D eigenvalue weighted by Crippen LogP contribution is 2.34. The van der Waals surface area contributed by atoms with Crippen molar-refractivity contribution in [2.45, 2.75) is 49.3 Å².